The summed E-state index contributed by atoms with van der Waals surface area (Å²) in [6.45, 7) is 5.08. The van der Waals surface area contributed by atoms with Crippen LogP contribution in [0.4, 0.5) is 10.7 Å². The largest absolute Gasteiger partial charge is 0.361 e. The van der Waals surface area contributed by atoms with E-state index in [4.69, 9.17) is 10.3 Å². The van der Waals surface area contributed by atoms with Crippen molar-refractivity contribution in [2.24, 2.45) is 5.73 Å². The molecular formula is C12H13N5O3. The number of hydrogen-bond donors (Lipinski definition) is 1. The third-order valence-corrected chi connectivity index (χ3v) is 2.44. The first kappa shape index (κ1) is 13.7. The molecule has 0 unspecified atom stereocenters. The van der Waals surface area contributed by atoms with E-state index in [1.165, 1.54) is 6.07 Å². The van der Waals surface area contributed by atoms with E-state index in [0.29, 0.717) is 22.0 Å². The van der Waals surface area contributed by atoms with Gasteiger partial charge >= 0.3 is 6.03 Å². The highest BCUT2D eigenvalue weighted by Gasteiger charge is 2.28. The molecule has 0 saturated carbocycles. The average Bonchev–Trinajstić information content (AvgIpc) is 2.74. The molecule has 2 aromatic rings. The van der Waals surface area contributed by atoms with E-state index in [0.717, 1.165) is 0 Å². The topological polar surface area (TPSA) is 115 Å². The van der Waals surface area contributed by atoms with Gasteiger partial charge in [0.1, 0.15) is 5.76 Å². The summed E-state index contributed by atoms with van der Waals surface area (Å²) in [6, 6.07) is 2.13. The molecule has 0 radical (unpaired) electrons. The van der Waals surface area contributed by atoms with E-state index in [9.17, 15) is 9.59 Å². The molecule has 8 heteroatoms. The molecule has 0 atom stereocenters. The Labute approximate surface area is 114 Å². The SMILES string of the molecule is Cc1cc(C)nc(N(C(N)=O)C(=O)c2cc(C)on2)n1. The molecule has 0 aliphatic heterocycles. The molecule has 0 aliphatic rings. The molecule has 0 spiro atoms. The third kappa shape index (κ3) is 2.63. The Balaban J connectivity index is 2.46. The van der Waals surface area contributed by atoms with Gasteiger partial charge in [-0.15, -0.1) is 0 Å². The summed E-state index contributed by atoms with van der Waals surface area (Å²) in [5, 5.41) is 3.56. The molecule has 2 aromatic heterocycles. The zero-order chi connectivity index (χ0) is 14.9. The summed E-state index contributed by atoms with van der Waals surface area (Å²) < 4.78 is 4.81. The van der Waals surface area contributed by atoms with Crippen molar-refractivity contribution in [3.05, 3.63) is 35.0 Å². The predicted octanol–water partition coefficient (Wildman–Crippen LogP) is 1.12. The Hall–Kier alpha value is -2.77. The zero-order valence-electron chi connectivity index (χ0n) is 11.2. The van der Waals surface area contributed by atoms with E-state index in [-0.39, 0.29) is 11.6 Å². The van der Waals surface area contributed by atoms with Gasteiger partial charge in [0.05, 0.1) is 0 Å². The van der Waals surface area contributed by atoms with Crippen LogP contribution in [-0.2, 0) is 0 Å². The molecule has 2 heterocycles. The van der Waals surface area contributed by atoms with Crippen LogP contribution in [0.5, 0.6) is 0 Å². The Morgan fingerprint density at radius 1 is 1.15 bits per heavy atom. The number of nitrogens with zero attached hydrogens (tertiary/aromatic N) is 4. The van der Waals surface area contributed by atoms with Crippen LogP contribution in [0.2, 0.25) is 0 Å². The van der Waals surface area contributed by atoms with Crippen LogP contribution < -0.4 is 10.6 Å². The van der Waals surface area contributed by atoms with Crippen LogP contribution in [0.1, 0.15) is 27.6 Å². The number of hydrogen-bond acceptors (Lipinski definition) is 6. The molecule has 20 heavy (non-hydrogen) atoms. The fourth-order valence-corrected chi connectivity index (χ4v) is 1.68. The van der Waals surface area contributed by atoms with Crippen molar-refractivity contribution in [2.75, 3.05) is 4.90 Å². The van der Waals surface area contributed by atoms with Crippen LogP contribution in [-0.4, -0.2) is 27.1 Å². The second kappa shape index (κ2) is 5.08. The summed E-state index contributed by atoms with van der Waals surface area (Å²) in [7, 11) is 0. The number of nitrogens with two attached hydrogens (primary N) is 1. The highest BCUT2D eigenvalue weighted by atomic mass is 16.5. The lowest BCUT2D eigenvalue weighted by Gasteiger charge is -2.15. The molecule has 104 valence electrons. The van der Waals surface area contributed by atoms with Crippen molar-refractivity contribution in [1.82, 2.24) is 15.1 Å². The maximum atomic E-state index is 12.2. The van der Waals surface area contributed by atoms with Crippen LogP contribution in [0.25, 0.3) is 0 Å². The average molecular weight is 275 g/mol. The van der Waals surface area contributed by atoms with Crippen molar-refractivity contribution in [3.8, 4) is 0 Å². The van der Waals surface area contributed by atoms with Gasteiger partial charge in [-0.05, 0) is 26.8 Å². The Kier molecular flexibility index (Phi) is 3.47. The predicted molar refractivity (Wildman–Crippen MR) is 69.1 cm³/mol. The Morgan fingerprint density at radius 2 is 1.75 bits per heavy atom. The van der Waals surface area contributed by atoms with Gasteiger partial charge in [0.25, 0.3) is 5.91 Å². The normalized spacial score (nSPS) is 10.3. The molecule has 0 bridgehead atoms. The quantitative estimate of drug-likeness (QED) is 0.877. The van der Waals surface area contributed by atoms with E-state index in [1.54, 1.807) is 26.8 Å². The maximum absolute atomic E-state index is 12.2. The molecule has 0 fully saturated rings. The highest BCUT2D eigenvalue weighted by Crippen LogP contribution is 2.14. The highest BCUT2D eigenvalue weighted by molar-refractivity contribution is 6.18. The first-order chi connectivity index (χ1) is 9.38. The molecule has 2 rings (SSSR count). The fraction of sp³-hybridized carbons (Fsp3) is 0.250. The summed E-state index contributed by atoms with van der Waals surface area (Å²) in [5.41, 5.74) is 6.43. The number of imide groups is 1. The number of rotatable bonds is 2. The van der Waals surface area contributed by atoms with Crippen molar-refractivity contribution in [3.63, 3.8) is 0 Å². The van der Waals surface area contributed by atoms with E-state index in [2.05, 4.69) is 15.1 Å². The Bertz CT molecular complexity index is 659. The van der Waals surface area contributed by atoms with Gasteiger partial charge < -0.3 is 10.3 Å². The minimum absolute atomic E-state index is 0.0379. The van der Waals surface area contributed by atoms with Gasteiger partial charge in [-0.1, -0.05) is 5.16 Å². The first-order valence-corrected chi connectivity index (χ1v) is 5.78. The van der Waals surface area contributed by atoms with Crippen LogP contribution >= 0.6 is 0 Å². The number of urea groups is 1. The van der Waals surface area contributed by atoms with Gasteiger partial charge in [0.2, 0.25) is 5.95 Å². The molecule has 0 aromatic carbocycles. The summed E-state index contributed by atoms with van der Waals surface area (Å²) >= 11 is 0. The monoisotopic (exact) mass is 275 g/mol. The number of anilines is 1. The number of aryl methyl sites for hydroxylation is 3. The first-order valence-electron chi connectivity index (χ1n) is 5.78. The standard InChI is InChI=1S/C12H13N5O3/c1-6-4-7(2)15-12(14-6)17(11(13)19)10(18)9-5-8(3)20-16-9/h4-5H,1-3H3,(H2,13,19). The number of amides is 3. The molecule has 8 nitrogen and oxygen atoms in total. The van der Waals surface area contributed by atoms with Crippen molar-refractivity contribution in [2.45, 2.75) is 20.8 Å². The Morgan fingerprint density at radius 3 is 2.20 bits per heavy atom. The molecule has 0 aliphatic carbocycles. The number of primary amides is 1. The minimum atomic E-state index is -0.986. The smallest absolute Gasteiger partial charge is 0.328 e. The van der Waals surface area contributed by atoms with Gasteiger partial charge in [0, 0.05) is 17.5 Å². The molecular weight excluding hydrogens is 262 g/mol. The number of aromatic nitrogens is 3. The number of carbonyl (C=O) groups is 2. The van der Waals surface area contributed by atoms with Crippen molar-refractivity contribution in [1.29, 1.82) is 0 Å². The lowest BCUT2D eigenvalue weighted by atomic mass is 10.3. The van der Waals surface area contributed by atoms with Crippen molar-refractivity contribution < 1.29 is 14.1 Å². The summed E-state index contributed by atoms with van der Waals surface area (Å²) in [6.07, 6.45) is 0. The summed E-state index contributed by atoms with van der Waals surface area (Å²) in [4.78, 5) is 32.5. The lowest BCUT2D eigenvalue weighted by molar-refractivity contribution is 0.0985. The maximum Gasteiger partial charge on any atom is 0.328 e. The second-order valence-electron chi connectivity index (χ2n) is 4.25. The van der Waals surface area contributed by atoms with E-state index < -0.39 is 11.9 Å². The van der Waals surface area contributed by atoms with Crippen LogP contribution in [0.3, 0.4) is 0 Å². The second-order valence-corrected chi connectivity index (χ2v) is 4.25. The number of carbonyl (C=O) groups excluding carboxylic acids is 2. The summed E-state index contributed by atoms with van der Waals surface area (Å²) in [5.74, 6) is -0.376. The van der Waals surface area contributed by atoms with Crippen LogP contribution in [0, 0.1) is 20.8 Å². The van der Waals surface area contributed by atoms with Gasteiger partial charge in [-0.3, -0.25) is 4.79 Å². The lowest BCUT2D eigenvalue weighted by Crippen LogP contribution is -2.42. The fourth-order valence-electron chi connectivity index (χ4n) is 1.68. The van der Waals surface area contributed by atoms with Gasteiger partial charge in [0.15, 0.2) is 5.69 Å². The van der Waals surface area contributed by atoms with E-state index >= 15 is 0 Å². The van der Waals surface area contributed by atoms with E-state index in [1.807, 2.05) is 0 Å². The minimum Gasteiger partial charge on any atom is -0.361 e. The molecule has 2 N–H and O–H groups in total. The van der Waals surface area contributed by atoms with Gasteiger partial charge in [-0.2, -0.15) is 4.90 Å². The van der Waals surface area contributed by atoms with Crippen LogP contribution in [0.15, 0.2) is 16.7 Å². The van der Waals surface area contributed by atoms with Crippen molar-refractivity contribution >= 4 is 17.9 Å². The molecule has 0 saturated heterocycles. The molecule has 3 amide bonds. The zero-order valence-corrected chi connectivity index (χ0v) is 11.2. The third-order valence-electron chi connectivity index (χ3n) is 2.44. The van der Waals surface area contributed by atoms with Gasteiger partial charge in [-0.25, -0.2) is 14.8 Å².